The van der Waals surface area contributed by atoms with Crippen LogP contribution in [0, 0.1) is 12.3 Å². The Morgan fingerprint density at radius 2 is 2.14 bits per heavy atom. The fraction of sp³-hybridized carbons (Fsp3) is 0.500. The number of aryl methyl sites for hydroxylation is 1. The average molecular weight is 297 g/mol. The summed E-state index contributed by atoms with van der Waals surface area (Å²) in [6, 6.07) is 8.10. The van der Waals surface area contributed by atoms with E-state index >= 15 is 0 Å². The van der Waals surface area contributed by atoms with Crippen LogP contribution in [0.2, 0.25) is 0 Å². The van der Waals surface area contributed by atoms with Gasteiger partial charge in [-0.05, 0) is 38.8 Å². The van der Waals surface area contributed by atoms with Crippen LogP contribution in [0.4, 0.5) is 0 Å². The van der Waals surface area contributed by atoms with Crippen LogP contribution in [0.15, 0.2) is 24.3 Å². The van der Waals surface area contributed by atoms with Crippen molar-refractivity contribution in [1.29, 1.82) is 0 Å². The smallest absolute Gasteiger partial charge is 0.256 e. The van der Waals surface area contributed by atoms with Crippen LogP contribution < -0.4 is 5.32 Å². The first-order valence-corrected chi connectivity index (χ1v) is 8.26. The van der Waals surface area contributed by atoms with Crippen LogP contribution >= 0.6 is 0 Å². The lowest BCUT2D eigenvalue weighted by atomic mass is 9.79. The second kappa shape index (κ2) is 5.13. The van der Waals surface area contributed by atoms with Crippen LogP contribution in [0.5, 0.6) is 0 Å². The summed E-state index contributed by atoms with van der Waals surface area (Å²) in [7, 11) is 0. The van der Waals surface area contributed by atoms with Gasteiger partial charge < -0.3 is 15.2 Å². The number of piperidine rings is 1. The molecular formula is C18H23N3O. The van der Waals surface area contributed by atoms with Gasteiger partial charge in [-0.1, -0.05) is 18.2 Å². The molecule has 4 heteroatoms. The summed E-state index contributed by atoms with van der Waals surface area (Å²) >= 11 is 0. The van der Waals surface area contributed by atoms with E-state index in [0.717, 1.165) is 54.8 Å². The Morgan fingerprint density at radius 1 is 1.27 bits per heavy atom. The lowest BCUT2D eigenvalue weighted by molar-refractivity contribution is 0.0555. The number of aromatic nitrogens is 1. The molecule has 4 rings (SSSR count). The Kier molecular flexibility index (Phi) is 3.22. The molecule has 1 unspecified atom stereocenters. The zero-order valence-electron chi connectivity index (χ0n) is 13.1. The number of benzene rings is 1. The van der Waals surface area contributed by atoms with Gasteiger partial charge in [-0.15, -0.1) is 0 Å². The molecule has 2 aliphatic rings. The van der Waals surface area contributed by atoms with Crippen molar-refractivity contribution in [2.75, 3.05) is 26.2 Å². The molecule has 3 heterocycles. The van der Waals surface area contributed by atoms with Gasteiger partial charge in [-0.3, -0.25) is 4.79 Å². The Balaban J connectivity index is 1.67. The summed E-state index contributed by atoms with van der Waals surface area (Å²) in [5, 5.41) is 4.52. The lowest BCUT2D eigenvalue weighted by Crippen LogP contribution is -2.47. The van der Waals surface area contributed by atoms with Crippen molar-refractivity contribution in [3.8, 4) is 0 Å². The van der Waals surface area contributed by atoms with Crippen LogP contribution in [0.25, 0.3) is 10.9 Å². The second-order valence-electron chi connectivity index (χ2n) is 6.93. The van der Waals surface area contributed by atoms with E-state index in [2.05, 4.69) is 15.2 Å². The number of amides is 1. The van der Waals surface area contributed by atoms with Gasteiger partial charge >= 0.3 is 0 Å². The minimum atomic E-state index is 0.195. The number of hydrogen-bond acceptors (Lipinski definition) is 2. The molecule has 0 saturated carbocycles. The maximum atomic E-state index is 13.1. The SMILES string of the molecule is Cc1[nH]c2ccccc2c1C(=O)N1CCCC2(CCNC2)C1. The minimum absolute atomic E-state index is 0.195. The Morgan fingerprint density at radius 3 is 2.95 bits per heavy atom. The van der Waals surface area contributed by atoms with E-state index in [4.69, 9.17) is 0 Å². The van der Waals surface area contributed by atoms with Crippen molar-refractivity contribution in [2.45, 2.75) is 26.2 Å². The largest absolute Gasteiger partial charge is 0.358 e. The van der Waals surface area contributed by atoms with Crippen molar-refractivity contribution in [2.24, 2.45) is 5.41 Å². The molecule has 1 aromatic heterocycles. The molecule has 2 N–H and O–H groups in total. The molecular weight excluding hydrogens is 274 g/mol. The Bertz CT molecular complexity index is 712. The number of aromatic amines is 1. The van der Waals surface area contributed by atoms with E-state index in [9.17, 15) is 4.79 Å². The molecule has 1 atom stereocenters. The van der Waals surface area contributed by atoms with E-state index in [-0.39, 0.29) is 5.91 Å². The fourth-order valence-corrected chi connectivity index (χ4v) is 4.24. The normalized spacial score (nSPS) is 25.2. The highest BCUT2D eigenvalue weighted by Crippen LogP contribution is 2.36. The summed E-state index contributed by atoms with van der Waals surface area (Å²) < 4.78 is 0. The Hall–Kier alpha value is -1.81. The number of nitrogens with one attached hydrogen (secondary N) is 2. The molecule has 2 saturated heterocycles. The van der Waals surface area contributed by atoms with Gasteiger partial charge in [-0.25, -0.2) is 0 Å². The van der Waals surface area contributed by atoms with Crippen molar-refractivity contribution in [3.05, 3.63) is 35.5 Å². The molecule has 1 amide bonds. The highest BCUT2D eigenvalue weighted by molar-refractivity contribution is 6.08. The van der Waals surface area contributed by atoms with Crippen LogP contribution in [0.1, 0.15) is 35.3 Å². The van der Waals surface area contributed by atoms with Crippen LogP contribution in [-0.4, -0.2) is 42.0 Å². The number of H-pyrrole nitrogens is 1. The van der Waals surface area contributed by atoms with Crippen molar-refractivity contribution in [1.82, 2.24) is 15.2 Å². The van der Waals surface area contributed by atoms with Gasteiger partial charge in [0.1, 0.15) is 0 Å². The summed E-state index contributed by atoms with van der Waals surface area (Å²) in [6.45, 7) is 5.94. The maximum absolute atomic E-state index is 13.1. The fourth-order valence-electron chi connectivity index (χ4n) is 4.24. The molecule has 116 valence electrons. The van der Waals surface area contributed by atoms with E-state index in [1.54, 1.807) is 0 Å². The highest BCUT2D eigenvalue weighted by Gasteiger charge is 2.39. The first kappa shape index (κ1) is 13.8. The summed E-state index contributed by atoms with van der Waals surface area (Å²) in [4.78, 5) is 18.6. The van der Waals surface area contributed by atoms with Crippen LogP contribution in [-0.2, 0) is 0 Å². The highest BCUT2D eigenvalue weighted by atomic mass is 16.2. The minimum Gasteiger partial charge on any atom is -0.358 e. The zero-order chi connectivity index (χ0) is 15.2. The van der Waals surface area contributed by atoms with Gasteiger partial charge in [0.15, 0.2) is 0 Å². The molecule has 2 fully saturated rings. The molecule has 22 heavy (non-hydrogen) atoms. The number of para-hydroxylation sites is 1. The molecule has 0 bridgehead atoms. The predicted octanol–water partition coefficient (Wildman–Crippen LogP) is 2.69. The maximum Gasteiger partial charge on any atom is 0.256 e. The molecule has 1 aromatic carbocycles. The van der Waals surface area contributed by atoms with E-state index < -0.39 is 0 Å². The van der Waals surface area contributed by atoms with Crippen LogP contribution in [0.3, 0.4) is 0 Å². The summed E-state index contributed by atoms with van der Waals surface area (Å²) in [5.74, 6) is 0.195. The quantitative estimate of drug-likeness (QED) is 0.850. The van der Waals surface area contributed by atoms with Crippen molar-refractivity contribution >= 4 is 16.8 Å². The van der Waals surface area contributed by atoms with Gasteiger partial charge in [-0.2, -0.15) is 0 Å². The topological polar surface area (TPSA) is 48.1 Å². The summed E-state index contributed by atoms with van der Waals surface area (Å²) in [5.41, 5.74) is 3.21. The number of likely N-dealkylation sites (tertiary alicyclic amines) is 1. The predicted molar refractivity (Wildman–Crippen MR) is 88.1 cm³/mol. The average Bonchev–Trinajstić information content (AvgIpc) is 3.10. The molecule has 0 radical (unpaired) electrons. The summed E-state index contributed by atoms with van der Waals surface area (Å²) in [6.07, 6.45) is 3.56. The van der Waals surface area contributed by atoms with Gasteiger partial charge in [0, 0.05) is 41.6 Å². The monoisotopic (exact) mass is 297 g/mol. The van der Waals surface area contributed by atoms with Gasteiger partial charge in [0.25, 0.3) is 5.91 Å². The number of hydrogen-bond donors (Lipinski definition) is 2. The Labute approximate surface area is 130 Å². The molecule has 0 aliphatic carbocycles. The third kappa shape index (κ3) is 2.13. The van der Waals surface area contributed by atoms with Gasteiger partial charge in [0.05, 0.1) is 5.56 Å². The molecule has 1 spiro atoms. The van der Waals surface area contributed by atoms with E-state index in [0.29, 0.717) is 5.41 Å². The lowest BCUT2D eigenvalue weighted by Gasteiger charge is -2.40. The molecule has 4 nitrogen and oxygen atoms in total. The number of fused-ring (bicyclic) bond motifs is 1. The first-order valence-electron chi connectivity index (χ1n) is 8.26. The third-order valence-electron chi connectivity index (χ3n) is 5.39. The van der Waals surface area contributed by atoms with E-state index in [1.807, 2.05) is 31.2 Å². The second-order valence-corrected chi connectivity index (χ2v) is 6.93. The van der Waals surface area contributed by atoms with Crippen molar-refractivity contribution < 1.29 is 4.79 Å². The first-order chi connectivity index (χ1) is 10.7. The number of carbonyl (C=O) groups is 1. The van der Waals surface area contributed by atoms with Gasteiger partial charge in [0.2, 0.25) is 0 Å². The van der Waals surface area contributed by atoms with E-state index in [1.165, 1.54) is 12.8 Å². The number of carbonyl (C=O) groups excluding carboxylic acids is 1. The standard InChI is InChI=1S/C18H23N3O/c1-13-16(14-5-2-3-6-15(14)20-13)17(22)21-10-4-7-18(12-21)8-9-19-11-18/h2-3,5-6,19-20H,4,7-12H2,1H3. The number of rotatable bonds is 1. The third-order valence-corrected chi connectivity index (χ3v) is 5.39. The molecule has 2 aromatic rings. The zero-order valence-corrected chi connectivity index (χ0v) is 13.1. The molecule has 2 aliphatic heterocycles. The van der Waals surface area contributed by atoms with Crippen molar-refractivity contribution in [3.63, 3.8) is 0 Å². The number of nitrogens with zero attached hydrogens (tertiary/aromatic N) is 1.